The van der Waals surface area contributed by atoms with Crippen molar-refractivity contribution >= 4 is 33.2 Å². The Balaban J connectivity index is 2.56. The van der Waals surface area contributed by atoms with Crippen molar-refractivity contribution < 1.29 is 9.90 Å². The van der Waals surface area contributed by atoms with Gasteiger partial charge < -0.3 is 10.4 Å². The van der Waals surface area contributed by atoms with Crippen LogP contribution in [0.4, 0.5) is 0 Å². The van der Waals surface area contributed by atoms with Gasteiger partial charge in [0.2, 0.25) is 5.91 Å². The number of rotatable bonds is 6. The lowest BCUT2D eigenvalue weighted by molar-refractivity contribution is -0.123. The van der Waals surface area contributed by atoms with Crippen molar-refractivity contribution in [1.29, 1.82) is 0 Å². The van der Waals surface area contributed by atoms with Gasteiger partial charge in [-0.2, -0.15) is 0 Å². The van der Waals surface area contributed by atoms with E-state index >= 15 is 0 Å². The maximum atomic E-state index is 12.1. The van der Waals surface area contributed by atoms with E-state index in [2.05, 4.69) is 21.2 Å². The van der Waals surface area contributed by atoms with Crippen LogP contribution in [0.5, 0.6) is 0 Å². The molecule has 108 valence electrons. The number of hydrogen-bond acceptors (Lipinski definition) is 3. The molecular formula is C14H22BrNO2S. The molecule has 0 saturated carbocycles. The number of nitrogens with one attached hydrogen (secondary N) is 1. The van der Waals surface area contributed by atoms with Gasteiger partial charge >= 0.3 is 0 Å². The summed E-state index contributed by atoms with van der Waals surface area (Å²) in [5, 5.41) is 13.1. The molecule has 1 aromatic rings. The van der Waals surface area contributed by atoms with E-state index in [4.69, 9.17) is 0 Å². The Labute approximate surface area is 127 Å². The molecule has 0 bridgehead atoms. The standard InChI is InChI=1S/C14H22BrNO2S/c1-5-9(2)14(4,18)8-16-13(17)10(3)11-6-7-12(15)19-11/h6-7,9-10,18H,5,8H2,1-4H3,(H,16,17). The molecule has 0 aromatic carbocycles. The largest absolute Gasteiger partial charge is 0.388 e. The molecule has 0 saturated heterocycles. The lowest BCUT2D eigenvalue weighted by Crippen LogP contribution is -2.45. The first kappa shape index (κ1) is 16.7. The fraction of sp³-hybridized carbons (Fsp3) is 0.643. The molecule has 1 rings (SSSR count). The van der Waals surface area contributed by atoms with E-state index in [0.717, 1.165) is 15.1 Å². The summed E-state index contributed by atoms with van der Waals surface area (Å²) >= 11 is 4.96. The summed E-state index contributed by atoms with van der Waals surface area (Å²) in [6.45, 7) is 7.97. The molecule has 2 N–H and O–H groups in total. The van der Waals surface area contributed by atoms with Crippen molar-refractivity contribution in [1.82, 2.24) is 5.32 Å². The van der Waals surface area contributed by atoms with Gasteiger partial charge in [-0.25, -0.2) is 0 Å². The van der Waals surface area contributed by atoms with Crippen molar-refractivity contribution in [2.75, 3.05) is 6.54 Å². The summed E-state index contributed by atoms with van der Waals surface area (Å²) in [6.07, 6.45) is 0.885. The second-order valence-electron chi connectivity index (χ2n) is 5.25. The highest BCUT2D eigenvalue weighted by molar-refractivity contribution is 9.11. The van der Waals surface area contributed by atoms with Gasteiger partial charge in [-0.1, -0.05) is 20.3 Å². The SMILES string of the molecule is CCC(C)C(C)(O)CNC(=O)C(C)c1ccc(Br)s1. The highest BCUT2D eigenvalue weighted by Gasteiger charge is 2.28. The van der Waals surface area contributed by atoms with Crippen LogP contribution in [-0.4, -0.2) is 23.2 Å². The zero-order chi connectivity index (χ0) is 14.6. The minimum atomic E-state index is -0.861. The molecule has 5 heteroatoms. The summed E-state index contributed by atoms with van der Waals surface area (Å²) in [5.41, 5.74) is -0.861. The molecule has 3 nitrogen and oxygen atoms in total. The van der Waals surface area contributed by atoms with E-state index in [1.165, 1.54) is 0 Å². The molecule has 0 aliphatic rings. The van der Waals surface area contributed by atoms with Crippen LogP contribution < -0.4 is 5.32 Å². The Morgan fingerprint density at radius 2 is 2.16 bits per heavy atom. The topological polar surface area (TPSA) is 49.3 Å². The number of carbonyl (C=O) groups is 1. The van der Waals surface area contributed by atoms with E-state index in [1.807, 2.05) is 32.9 Å². The lowest BCUT2D eigenvalue weighted by atomic mass is 9.88. The number of carbonyl (C=O) groups excluding carboxylic acids is 1. The maximum absolute atomic E-state index is 12.1. The molecule has 3 atom stereocenters. The number of hydrogen-bond donors (Lipinski definition) is 2. The van der Waals surface area contributed by atoms with Crippen LogP contribution in [0.2, 0.25) is 0 Å². The van der Waals surface area contributed by atoms with E-state index in [9.17, 15) is 9.90 Å². The van der Waals surface area contributed by atoms with Crippen LogP contribution in [-0.2, 0) is 4.79 Å². The minimum Gasteiger partial charge on any atom is -0.388 e. The van der Waals surface area contributed by atoms with Crippen LogP contribution in [0.1, 0.15) is 44.9 Å². The van der Waals surface area contributed by atoms with Gasteiger partial charge in [-0.05, 0) is 47.8 Å². The predicted molar refractivity (Wildman–Crippen MR) is 83.5 cm³/mol. The second-order valence-corrected chi connectivity index (χ2v) is 7.74. The van der Waals surface area contributed by atoms with Gasteiger partial charge in [0.1, 0.15) is 0 Å². The third-order valence-electron chi connectivity index (χ3n) is 3.71. The Morgan fingerprint density at radius 3 is 2.63 bits per heavy atom. The lowest BCUT2D eigenvalue weighted by Gasteiger charge is -2.30. The highest BCUT2D eigenvalue weighted by atomic mass is 79.9. The fourth-order valence-corrected chi connectivity index (χ4v) is 3.20. The molecule has 1 aromatic heterocycles. The monoisotopic (exact) mass is 347 g/mol. The molecule has 19 heavy (non-hydrogen) atoms. The van der Waals surface area contributed by atoms with Crippen LogP contribution in [0.15, 0.2) is 15.9 Å². The summed E-state index contributed by atoms with van der Waals surface area (Å²) in [7, 11) is 0. The Bertz CT molecular complexity index is 431. The highest BCUT2D eigenvalue weighted by Crippen LogP contribution is 2.28. The number of aliphatic hydroxyl groups is 1. The molecule has 3 unspecified atom stereocenters. The van der Waals surface area contributed by atoms with Crippen molar-refractivity contribution in [2.45, 2.75) is 45.6 Å². The van der Waals surface area contributed by atoms with Crippen molar-refractivity contribution in [3.05, 3.63) is 20.8 Å². The molecule has 0 radical (unpaired) electrons. The number of thiophene rings is 1. The van der Waals surface area contributed by atoms with Gasteiger partial charge in [-0.15, -0.1) is 11.3 Å². The molecule has 0 fully saturated rings. The number of halogens is 1. The molecule has 0 spiro atoms. The van der Waals surface area contributed by atoms with E-state index in [0.29, 0.717) is 0 Å². The molecule has 0 aliphatic carbocycles. The van der Waals surface area contributed by atoms with Crippen LogP contribution in [0, 0.1) is 5.92 Å². The summed E-state index contributed by atoms with van der Waals surface area (Å²) < 4.78 is 1.02. The third kappa shape index (κ3) is 4.58. The van der Waals surface area contributed by atoms with Gasteiger partial charge in [0.05, 0.1) is 15.3 Å². The Kier molecular flexibility index (Phi) is 6.02. The minimum absolute atomic E-state index is 0.0436. The van der Waals surface area contributed by atoms with Gasteiger partial charge in [-0.3, -0.25) is 4.79 Å². The first-order valence-corrected chi connectivity index (χ1v) is 8.14. The van der Waals surface area contributed by atoms with Gasteiger partial charge in [0, 0.05) is 11.4 Å². The number of amides is 1. The second kappa shape index (κ2) is 6.86. The van der Waals surface area contributed by atoms with E-state index in [1.54, 1.807) is 18.3 Å². The summed E-state index contributed by atoms with van der Waals surface area (Å²) in [6, 6.07) is 3.89. The maximum Gasteiger partial charge on any atom is 0.228 e. The average molecular weight is 348 g/mol. The van der Waals surface area contributed by atoms with Gasteiger partial charge in [0.25, 0.3) is 0 Å². The first-order chi connectivity index (χ1) is 8.77. The molecule has 0 aliphatic heterocycles. The first-order valence-electron chi connectivity index (χ1n) is 6.53. The van der Waals surface area contributed by atoms with Crippen LogP contribution >= 0.6 is 27.3 Å². The quantitative estimate of drug-likeness (QED) is 0.826. The van der Waals surface area contributed by atoms with Crippen molar-refractivity contribution in [3.8, 4) is 0 Å². The molecule has 1 heterocycles. The Morgan fingerprint density at radius 1 is 1.53 bits per heavy atom. The molecule has 1 amide bonds. The van der Waals surface area contributed by atoms with Crippen LogP contribution in [0.25, 0.3) is 0 Å². The summed E-state index contributed by atoms with van der Waals surface area (Å²) in [5.74, 6) is -0.0825. The Hall–Kier alpha value is -0.390. The van der Waals surface area contributed by atoms with E-state index in [-0.39, 0.29) is 24.3 Å². The van der Waals surface area contributed by atoms with Crippen LogP contribution in [0.3, 0.4) is 0 Å². The predicted octanol–water partition coefficient (Wildman–Crippen LogP) is 3.53. The molecular weight excluding hydrogens is 326 g/mol. The zero-order valence-corrected chi connectivity index (χ0v) is 14.3. The van der Waals surface area contributed by atoms with E-state index < -0.39 is 5.60 Å². The summed E-state index contributed by atoms with van der Waals surface area (Å²) in [4.78, 5) is 13.1. The zero-order valence-electron chi connectivity index (χ0n) is 11.9. The van der Waals surface area contributed by atoms with Crippen molar-refractivity contribution in [2.24, 2.45) is 5.92 Å². The third-order valence-corrected chi connectivity index (χ3v) is 5.51. The average Bonchev–Trinajstić information content (AvgIpc) is 2.80. The fourth-order valence-electron chi connectivity index (χ4n) is 1.72. The normalized spacial score (nSPS) is 17.6. The van der Waals surface area contributed by atoms with Crippen molar-refractivity contribution in [3.63, 3.8) is 0 Å². The van der Waals surface area contributed by atoms with Gasteiger partial charge in [0.15, 0.2) is 0 Å². The smallest absolute Gasteiger partial charge is 0.228 e.